The van der Waals surface area contributed by atoms with Gasteiger partial charge < -0.3 is 26.6 Å². The van der Waals surface area contributed by atoms with Crippen molar-refractivity contribution < 1.29 is 19.8 Å². The third kappa shape index (κ3) is 7.56. The summed E-state index contributed by atoms with van der Waals surface area (Å²) in [6.07, 6.45) is -1.49. The number of nitrogens with one attached hydrogen (secondary N) is 2. The monoisotopic (exact) mass is 219 g/mol. The zero-order chi connectivity index (χ0) is 12.1. The number of hydrogen-bond acceptors (Lipinski definition) is 3. The van der Waals surface area contributed by atoms with Gasteiger partial charge >= 0.3 is 12.2 Å². The molecular weight excluding hydrogens is 202 g/mol. The van der Waals surface area contributed by atoms with Crippen molar-refractivity contribution in [3.05, 3.63) is 0 Å². The van der Waals surface area contributed by atoms with Crippen LogP contribution in [0.15, 0.2) is 0 Å². The second-order valence-corrected chi connectivity index (χ2v) is 3.74. The first-order valence-corrected chi connectivity index (χ1v) is 4.52. The van der Waals surface area contributed by atoms with Crippen LogP contribution in [0.4, 0.5) is 9.59 Å². The van der Waals surface area contributed by atoms with Gasteiger partial charge in [0, 0.05) is 6.04 Å². The molecule has 0 aromatic rings. The van der Waals surface area contributed by atoms with Crippen LogP contribution in [0.3, 0.4) is 0 Å². The summed E-state index contributed by atoms with van der Waals surface area (Å²) in [5.74, 6) is 0. The average Bonchev–Trinajstić information content (AvgIpc) is 1.97. The van der Waals surface area contributed by atoms with Crippen LogP contribution >= 0.6 is 0 Å². The highest BCUT2D eigenvalue weighted by molar-refractivity contribution is 5.65. The fourth-order valence-corrected chi connectivity index (χ4v) is 1.11. The van der Waals surface area contributed by atoms with Gasteiger partial charge in [0.25, 0.3) is 0 Å². The molecule has 0 bridgehead atoms. The molecule has 0 aromatic carbocycles. The molecule has 0 aliphatic rings. The van der Waals surface area contributed by atoms with Crippen molar-refractivity contribution in [1.29, 1.82) is 0 Å². The second-order valence-electron chi connectivity index (χ2n) is 3.74. The fourth-order valence-electron chi connectivity index (χ4n) is 1.11. The van der Waals surface area contributed by atoms with Crippen molar-refractivity contribution >= 4 is 12.2 Å². The summed E-state index contributed by atoms with van der Waals surface area (Å²) in [5, 5.41) is 21.3. The maximum atomic E-state index is 10.3. The van der Waals surface area contributed by atoms with E-state index in [9.17, 15) is 9.59 Å². The van der Waals surface area contributed by atoms with E-state index in [1.165, 1.54) is 6.92 Å². The lowest BCUT2D eigenvalue weighted by molar-refractivity contribution is 0.174. The van der Waals surface area contributed by atoms with Crippen LogP contribution in [-0.2, 0) is 0 Å². The molecule has 0 aromatic heterocycles. The Labute approximate surface area is 87.6 Å². The number of carbonyl (C=O) groups is 2. The lowest BCUT2D eigenvalue weighted by atomic mass is 10.0. The lowest BCUT2D eigenvalue weighted by Crippen LogP contribution is -2.53. The molecule has 2 atom stereocenters. The normalized spacial score (nSPS) is 16.2. The smallest absolute Gasteiger partial charge is 0.406 e. The maximum Gasteiger partial charge on any atom is 0.406 e. The molecule has 0 saturated heterocycles. The highest BCUT2D eigenvalue weighted by Gasteiger charge is 2.21. The van der Waals surface area contributed by atoms with E-state index in [0.717, 1.165) is 0 Å². The van der Waals surface area contributed by atoms with Gasteiger partial charge in [-0.2, -0.15) is 0 Å². The van der Waals surface area contributed by atoms with Crippen LogP contribution in [0.25, 0.3) is 0 Å². The number of carboxylic acid groups (broad SMARTS) is 2. The van der Waals surface area contributed by atoms with E-state index in [4.69, 9.17) is 15.9 Å². The lowest BCUT2D eigenvalue weighted by Gasteiger charge is -2.25. The highest BCUT2D eigenvalue weighted by atomic mass is 16.4. The minimum Gasteiger partial charge on any atom is -0.465 e. The molecule has 1 unspecified atom stereocenters. The zero-order valence-corrected chi connectivity index (χ0v) is 8.78. The van der Waals surface area contributed by atoms with Gasteiger partial charge in [-0.05, 0) is 26.7 Å². The Bertz CT molecular complexity index is 242. The molecular formula is C8H17N3O4. The minimum atomic E-state index is -1.20. The molecule has 0 heterocycles. The van der Waals surface area contributed by atoms with Gasteiger partial charge in [-0.3, -0.25) is 0 Å². The van der Waals surface area contributed by atoms with Crippen molar-refractivity contribution in [2.75, 3.05) is 0 Å². The SMILES string of the molecule is CC(CC[C@@](C)(N)NC(=O)O)NC(=O)O. The van der Waals surface area contributed by atoms with Gasteiger partial charge in [-0.25, -0.2) is 9.59 Å². The van der Waals surface area contributed by atoms with E-state index >= 15 is 0 Å². The molecule has 0 rings (SSSR count). The Morgan fingerprint density at radius 1 is 1.40 bits per heavy atom. The van der Waals surface area contributed by atoms with Gasteiger partial charge in [-0.1, -0.05) is 0 Å². The number of nitrogens with two attached hydrogens (primary N) is 1. The Morgan fingerprint density at radius 3 is 2.33 bits per heavy atom. The van der Waals surface area contributed by atoms with Crippen molar-refractivity contribution in [1.82, 2.24) is 10.6 Å². The zero-order valence-electron chi connectivity index (χ0n) is 8.78. The van der Waals surface area contributed by atoms with E-state index in [2.05, 4.69) is 10.6 Å². The third-order valence-electron chi connectivity index (χ3n) is 1.86. The van der Waals surface area contributed by atoms with Crippen LogP contribution in [-0.4, -0.2) is 34.1 Å². The molecule has 88 valence electrons. The first-order valence-electron chi connectivity index (χ1n) is 4.52. The van der Waals surface area contributed by atoms with E-state index in [1.807, 2.05) is 0 Å². The van der Waals surface area contributed by atoms with Crippen molar-refractivity contribution in [3.63, 3.8) is 0 Å². The predicted octanol–water partition coefficient (Wildman–Crippen LogP) is 0.365. The Morgan fingerprint density at radius 2 is 1.93 bits per heavy atom. The van der Waals surface area contributed by atoms with Gasteiger partial charge in [0.05, 0.1) is 5.66 Å². The molecule has 6 N–H and O–H groups in total. The van der Waals surface area contributed by atoms with E-state index in [-0.39, 0.29) is 6.04 Å². The van der Waals surface area contributed by atoms with Crippen molar-refractivity contribution in [2.24, 2.45) is 5.73 Å². The van der Waals surface area contributed by atoms with Crippen molar-refractivity contribution in [3.8, 4) is 0 Å². The Hall–Kier alpha value is -1.50. The predicted molar refractivity (Wildman–Crippen MR) is 53.6 cm³/mol. The topological polar surface area (TPSA) is 125 Å². The number of amides is 2. The molecule has 15 heavy (non-hydrogen) atoms. The summed E-state index contributed by atoms with van der Waals surface area (Å²) < 4.78 is 0. The van der Waals surface area contributed by atoms with Gasteiger partial charge in [0.15, 0.2) is 0 Å². The first kappa shape index (κ1) is 13.5. The minimum absolute atomic E-state index is 0.263. The molecule has 0 aliphatic heterocycles. The Balaban J connectivity index is 3.92. The van der Waals surface area contributed by atoms with Gasteiger partial charge in [-0.15, -0.1) is 0 Å². The molecule has 0 aliphatic carbocycles. The number of hydrogen-bond donors (Lipinski definition) is 5. The quantitative estimate of drug-likeness (QED) is 0.427. The molecule has 7 nitrogen and oxygen atoms in total. The average molecular weight is 219 g/mol. The first-order chi connectivity index (χ1) is 6.73. The van der Waals surface area contributed by atoms with Crippen LogP contribution in [0.1, 0.15) is 26.7 Å². The summed E-state index contributed by atoms with van der Waals surface area (Å²) in [6.45, 7) is 3.22. The van der Waals surface area contributed by atoms with Crippen LogP contribution in [0, 0.1) is 0 Å². The summed E-state index contributed by atoms with van der Waals surface area (Å²) in [4.78, 5) is 20.6. The van der Waals surface area contributed by atoms with Crippen LogP contribution in [0.5, 0.6) is 0 Å². The summed E-state index contributed by atoms with van der Waals surface area (Å²) in [5.41, 5.74) is 4.59. The van der Waals surface area contributed by atoms with Crippen LogP contribution in [0.2, 0.25) is 0 Å². The molecule has 2 amide bonds. The molecule has 0 saturated carbocycles. The van der Waals surface area contributed by atoms with E-state index < -0.39 is 17.8 Å². The largest absolute Gasteiger partial charge is 0.465 e. The van der Waals surface area contributed by atoms with Gasteiger partial charge in [0.1, 0.15) is 0 Å². The fraction of sp³-hybridized carbons (Fsp3) is 0.750. The summed E-state index contributed by atoms with van der Waals surface area (Å²) >= 11 is 0. The number of rotatable bonds is 5. The summed E-state index contributed by atoms with van der Waals surface area (Å²) in [6, 6.07) is -0.263. The highest BCUT2D eigenvalue weighted by Crippen LogP contribution is 2.07. The second kappa shape index (κ2) is 5.40. The maximum absolute atomic E-state index is 10.3. The Kier molecular flexibility index (Phi) is 4.86. The van der Waals surface area contributed by atoms with Crippen LogP contribution < -0.4 is 16.4 Å². The summed E-state index contributed by atoms with van der Waals surface area (Å²) in [7, 11) is 0. The van der Waals surface area contributed by atoms with Crippen molar-refractivity contribution in [2.45, 2.75) is 38.4 Å². The van der Waals surface area contributed by atoms with E-state index in [1.54, 1.807) is 6.92 Å². The molecule has 0 fully saturated rings. The van der Waals surface area contributed by atoms with E-state index in [0.29, 0.717) is 12.8 Å². The molecule has 0 spiro atoms. The molecule has 7 heteroatoms. The van der Waals surface area contributed by atoms with Gasteiger partial charge in [0.2, 0.25) is 0 Å². The standard InChI is InChI=1S/C8H17N3O4/c1-5(10-6(12)13)3-4-8(2,9)11-7(14)15/h5,10-11H,3-4,9H2,1-2H3,(H,12,13)(H,14,15)/t5?,8-/m0/s1. The molecule has 0 radical (unpaired) electrons. The third-order valence-corrected chi connectivity index (χ3v) is 1.86.